The monoisotopic (exact) mass is 251 g/mol. The van der Waals surface area contributed by atoms with E-state index in [9.17, 15) is 9.18 Å². The molecule has 2 nitrogen and oxygen atoms in total. The van der Waals surface area contributed by atoms with Crippen LogP contribution in [0, 0.1) is 5.82 Å². The van der Waals surface area contributed by atoms with E-state index in [1.54, 1.807) is 11.0 Å². The van der Waals surface area contributed by atoms with Crippen molar-refractivity contribution < 1.29 is 9.18 Å². The molecule has 1 aliphatic heterocycles. The molecule has 0 aliphatic carbocycles. The number of halogens is 2. The summed E-state index contributed by atoms with van der Waals surface area (Å²) < 4.78 is 13.2. The first-order valence-corrected chi connectivity index (χ1v) is 5.95. The van der Waals surface area contributed by atoms with Crippen LogP contribution in [0.2, 0.25) is 5.02 Å². The van der Waals surface area contributed by atoms with Crippen LogP contribution in [-0.2, 0) is 0 Å². The number of rotatable bonds is 1. The summed E-state index contributed by atoms with van der Waals surface area (Å²) in [6.07, 6.45) is 1.54. The molecule has 0 saturated carbocycles. The minimum Gasteiger partial charge on any atom is -0.353 e. The molecule has 1 fully saturated rings. The van der Waals surface area contributed by atoms with E-state index in [-0.39, 0.29) is 11.7 Å². The van der Waals surface area contributed by atoms with Gasteiger partial charge in [-0.05, 0) is 42.5 Å². The predicted octanol–water partition coefficient (Wildman–Crippen LogP) is 2.95. The number of piperidine rings is 1. The molecule has 88 valence electrons. The van der Waals surface area contributed by atoms with Crippen LogP contribution in [0.3, 0.4) is 0 Å². The minimum absolute atomic E-state index is 0.203. The topological polar surface area (TPSA) is 20.3 Å². The van der Waals surface area contributed by atoms with Crippen LogP contribution in [0.5, 0.6) is 0 Å². The number of hydrogen-bond acceptors (Lipinski definition) is 1. The molecule has 0 spiro atoms. The van der Waals surface area contributed by atoms with Gasteiger partial charge in [-0.25, -0.2) is 4.39 Å². The minimum atomic E-state index is -0.395. The van der Waals surface area contributed by atoms with Crippen molar-refractivity contribution in [1.29, 1.82) is 0 Å². The number of likely N-dealkylation sites (tertiary alicyclic amines) is 1. The Bertz CT molecular complexity index is 433. The lowest BCUT2D eigenvalue weighted by atomic mass is 9.88. The highest BCUT2D eigenvalue weighted by Gasteiger charge is 2.23. The van der Waals surface area contributed by atoms with Gasteiger partial charge in [-0.15, -0.1) is 0 Å². The molecular weight excluding hydrogens is 239 g/mol. The van der Waals surface area contributed by atoms with Gasteiger partial charge in [0.25, 0.3) is 0 Å². The molecule has 1 heterocycles. The zero-order valence-electron chi connectivity index (χ0n) is 9.33. The molecule has 1 saturated heterocycles. The highest BCUT2D eigenvalue weighted by atomic mass is 35.5. The molecular formula is C12H12BClFNO. The summed E-state index contributed by atoms with van der Waals surface area (Å²) >= 11 is 6.06. The largest absolute Gasteiger partial charge is 0.353 e. The molecule has 0 N–H and O–H groups in total. The van der Waals surface area contributed by atoms with Crippen molar-refractivity contribution in [2.45, 2.75) is 18.8 Å². The Balaban J connectivity index is 2.10. The molecule has 0 bridgehead atoms. The second kappa shape index (κ2) is 5.09. The Labute approximate surface area is 106 Å². The average Bonchev–Trinajstić information content (AvgIpc) is 2.32. The number of hydrogen-bond donors (Lipinski definition) is 0. The van der Waals surface area contributed by atoms with Crippen molar-refractivity contribution in [3.63, 3.8) is 0 Å². The number of nitrogens with zero attached hydrogens (tertiary/aromatic N) is 1. The summed E-state index contributed by atoms with van der Waals surface area (Å²) in [7, 11) is 5.21. The summed E-state index contributed by atoms with van der Waals surface area (Å²) in [5, 5.41) is 0.587. The molecule has 2 radical (unpaired) electrons. The predicted molar refractivity (Wildman–Crippen MR) is 66.1 cm³/mol. The fourth-order valence-corrected chi connectivity index (χ4v) is 2.51. The molecule has 0 unspecified atom stereocenters. The zero-order chi connectivity index (χ0) is 12.4. The van der Waals surface area contributed by atoms with Gasteiger partial charge in [0, 0.05) is 18.1 Å². The molecule has 2 rings (SSSR count). The van der Waals surface area contributed by atoms with Crippen LogP contribution in [0.25, 0.3) is 0 Å². The second-order valence-corrected chi connectivity index (χ2v) is 4.67. The van der Waals surface area contributed by atoms with Gasteiger partial charge >= 0.3 is 0 Å². The van der Waals surface area contributed by atoms with Crippen LogP contribution in [0.4, 0.5) is 9.18 Å². The fraction of sp³-hybridized carbons (Fsp3) is 0.417. The maximum absolute atomic E-state index is 13.2. The SMILES string of the molecule is [B]C(=O)N1CCC(c2cc(F)ccc2Cl)CC1. The standard InChI is InChI=1S/C12H12BClFNO/c13-12(17)16-5-3-8(4-6-16)10-7-9(15)1-2-11(10)14/h1-2,7-8H,3-6H2. The maximum atomic E-state index is 13.2. The molecule has 1 aliphatic rings. The third-order valence-electron chi connectivity index (χ3n) is 3.20. The Morgan fingerprint density at radius 1 is 1.41 bits per heavy atom. The van der Waals surface area contributed by atoms with Gasteiger partial charge in [0.15, 0.2) is 5.81 Å². The first-order chi connectivity index (χ1) is 8.08. The molecule has 1 aromatic carbocycles. The molecule has 17 heavy (non-hydrogen) atoms. The van der Waals surface area contributed by atoms with E-state index < -0.39 is 5.81 Å². The van der Waals surface area contributed by atoms with E-state index in [0.29, 0.717) is 18.1 Å². The van der Waals surface area contributed by atoms with Gasteiger partial charge in [0.2, 0.25) is 7.85 Å². The van der Waals surface area contributed by atoms with Crippen LogP contribution in [0.15, 0.2) is 18.2 Å². The van der Waals surface area contributed by atoms with E-state index in [0.717, 1.165) is 18.4 Å². The summed E-state index contributed by atoms with van der Waals surface area (Å²) in [4.78, 5) is 12.6. The van der Waals surface area contributed by atoms with Gasteiger partial charge < -0.3 is 4.90 Å². The second-order valence-electron chi connectivity index (χ2n) is 4.27. The van der Waals surface area contributed by atoms with E-state index in [4.69, 9.17) is 19.4 Å². The average molecular weight is 251 g/mol. The molecule has 5 heteroatoms. The lowest BCUT2D eigenvalue weighted by Gasteiger charge is -2.32. The van der Waals surface area contributed by atoms with Crippen molar-refractivity contribution >= 4 is 25.3 Å². The van der Waals surface area contributed by atoms with Crippen molar-refractivity contribution in [3.05, 3.63) is 34.6 Å². The Hall–Kier alpha value is -1.03. The Morgan fingerprint density at radius 3 is 2.65 bits per heavy atom. The first-order valence-electron chi connectivity index (χ1n) is 5.57. The third kappa shape index (κ3) is 2.81. The first kappa shape index (κ1) is 12.4. The van der Waals surface area contributed by atoms with E-state index in [1.807, 2.05) is 0 Å². The van der Waals surface area contributed by atoms with Crippen LogP contribution < -0.4 is 0 Å². The highest BCUT2D eigenvalue weighted by molar-refractivity contribution is 6.56. The molecule has 1 aromatic rings. The number of carbonyl (C=O) groups is 1. The Morgan fingerprint density at radius 2 is 2.06 bits per heavy atom. The van der Waals surface area contributed by atoms with Crippen molar-refractivity contribution in [2.75, 3.05) is 13.1 Å². The van der Waals surface area contributed by atoms with E-state index >= 15 is 0 Å². The van der Waals surface area contributed by atoms with Crippen molar-refractivity contribution in [1.82, 2.24) is 4.90 Å². The fourth-order valence-electron chi connectivity index (χ4n) is 2.24. The van der Waals surface area contributed by atoms with Gasteiger partial charge in [0.1, 0.15) is 5.82 Å². The van der Waals surface area contributed by atoms with E-state index in [1.165, 1.54) is 12.1 Å². The third-order valence-corrected chi connectivity index (χ3v) is 3.55. The lowest BCUT2D eigenvalue weighted by Crippen LogP contribution is -2.37. The van der Waals surface area contributed by atoms with Crippen LogP contribution in [0.1, 0.15) is 24.3 Å². The maximum Gasteiger partial charge on any atom is 0.200 e. The highest BCUT2D eigenvalue weighted by Crippen LogP contribution is 2.33. The van der Waals surface area contributed by atoms with E-state index in [2.05, 4.69) is 0 Å². The summed E-state index contributed by atoms with van der Waals surface area (Å²) in [5.41, 5.74) is 0.829. The molecule has 1 amide bonds. The van der Waals surface area contributed by atoms with Crippen LogP contribution in [-0.4, -0.2) is 31.6 Å². The van der Waals surface area contributed by atoms with Gasteiger partial charge in [-0.2, -0.15) is 0 Å². The number of amides is 1. The molecule has 0 aromatic heterocycles. The Kier molecular flexibility index (Phi) is 3.72. The van der Waals surface area contributed by atoms with Crippen LogP contribution >= 0.6 is 11.6 Å². The van der Waals surface area contributed by atoms with Crippen molar-refractivity contribution in [2.24, 2.45) is 0 Å². The van der Waals surface area contributed by atoms with Gasteiger partial charge in [-0.3, -0.25) is 4.79 Å². The molecule has 0 atom stereocenters. The smallest absolute Gasteiger partial charge is 0.200 e. The lowest BCUT2D eigenvalue weighted by molar-refractivity contribution is 0.204. The summed E-state index contributed by atoms with van der Waals surface area (Å²) in [6.45, 7) is 1.21. The quantitative estimate of drug-likeness (QED) is 0.703. The van der Waals surface area contributed by atoms with Gasteiger partial charge in [-0.1, -0.05) is 11.6 Å². The zero-order valence-corrected chi connectivity index (χ0v) is 10.1. The number of carbonyl (C=O) groups excluding carboxylic acids is 1. The summed E-state index contributed by atoms with van der Waals surface area (Å²) in [6, 6.07) is 4.41. The van der Waals surface area contributed by atoms with Gasteiger partial charge in [0.05, 0.1) is 0 Å². The number of benzene rings is 1. The normalized spacial score (nSPS) is 17.2. The van der Waals surface area contributed by atoms with Crippen molar-refractivity contribution in [3.8, 4) is 0 Å². The summed E-state index contributed by atoms with van der Waals surface area (Å²) in [5.74, 6) is -0.468.